The maximum absolute atomic E-state index is 13.0. The van der Waals surface area contributed by atoms with Crippen LogP contribution in [0.25, 0.3) is 0 Å². The summed E-state index contributed by atoms with van der Waals surface area (Å²) in [6.07, 6.45) is 0.454. The Kier molecular flexibility index (Phi) is 3.68. The zero-order valence-corrected chi connectivity index (χ0v) is 7.61. The van der Waals surface area contributed by atoms with E-state index in [-0.39, 0.29) is 12.5 Å². The zero-order valence-electron chi connectivity index (χ0n) is 7.61. The first kappa shape index (κ1) is 9.96. The lowest BCUT2D eigenvalue weighted by molar-refractivity contribution is 0.481. The quantitative estimate of drug-likeness (QED) is 0.711. The maximum atomic E-state index is 13.0. The Labute approximate surface area is 76.8 Å². The molecule has 0 amide bonds. The Balaban J connectivity index is 2.53. The van der Waals surface area contributed by atoms with Crippen LogP contribution in [0.3, 0.4) is 0 Å². The molecule has 1 N–H and O–H groups in total. The Bertz CT molecular complexity index is 274. The van der Waals surface area contributed by atoms with E-state index in [1.165, 1.54) is 6.07 Å². The predicted molar refractivity (Wildman–Crippen MR) is 50.2 cm³/mol. The summed E-state index contributed by atoms with van der Waals surface area (Å²) in [6, 6.07) is 4.91. The van der Waals surface area contributed by atoms with Crippen LogP contribution in [0.2, 0.25) is 0 Å². The molecule has 0 aliphatic carbocycles. The molecular weight excluding hydrogens is 172 g/mol. The van der Waals surface area contributed by atoms with Crippen LogP contribution in [0.4, 0.5) is 14.5 Å². The van der Waals surface area contributed by atoms with Gasteiger partial charge < -0.3 is 5.32 Å². The van der Waals surface area contributed by atoms with Gasteiger partial charge in [-0.2, -0.15) is 0 Å². The van der Waals surface area contributed by atoms with Crippen molar-refractivity contribution >= 4 is 5.69 Å². The Hall–Kier alpha value is -1.12. The minimum absolute atomic E-state index is 0.231. The van der Waals surface area contributed by atoms with Gasteiger partial charge in [0.2, 0.25) is 0 Å². The third-order valence-corrected chi connectivity index (χ3v) is 1.81. The minimum Gasteiger partial charge on any atom is -0.385 e. The summed E-state index contributed by atoms with van der Waals surface area (Å²) >= 11 is 0. The van der Waals surface area contributed by atoms with Gasteiger partial charge in [0.25, 0.3) is 0 Å². The highest BCUT2D eigenvalue weighted by atomic mass is 19.1. The molecule has 72 valence electrons. The lowest BCUT2D eigenvalue weighted by Crippen LogP contribution is -2.02. The molecule has 0 heterocycles. The van der Waals surface area contributed by atoms with Gasteiger partial charge in [-0.05, 0) is 31.0 Å². The van der Waals surface area contributed by atoms with Crippen molar-refractivity contribution in [1.29, 1.82) is 0 Å². The van der Waals surface area contributed by atoms with Gasteiger partial charge in [-0.3, -0.25) is 4.39 Å². The molecule has 0 saturated carbocycles. The van der Waals surface area contributed by atoms with Crippen LogP contribution in [-0.4, -0.2) is 13.2 Å². The van der Waals surface area contributed by atoms with E-state index in [1.54, 1.807) is 19.1 Å². The van der Waals surface area contributed by atoms with Crippen molar-refractivity contribution in [2.45, 2.75) is 13.3 Å². The third-order valence-electron chi connectivity index (χ3n) is 1.81. The van der Waals surface area contributed by atoms with Gasteiger partial charge in [-0.15, -0.1) is 0 Å². The highest BCUT2D eigenvalue weighted by molar-refractivity contribution is 5.44. The van der Waals surface area contributed by atoms with E-state index >= 15 is 0 Å². The van der Waals surface area contributed by atoms with Crippen LogP contribution in [-0.2, 0) is 0 Å². The van der Waals surface area contributed by atoms with Crippen LogP contribution in [0.15, 0.2) is 18.2 Å². The molecule has 1 aromatic carbocycles. The predicted octanol–water partition coefficient (Wildman–Crippen LogP) is 2.91. The molecule has 0 aliphatic heterocycles. The standard InChI is InChI=1S/C10H13F2N/c1-8-3-4-9(7-10(8)12)13-6-2-5-11/h3-4,7,13H,2,5-6H2,1H3. The Morgan fingerprint density at radius 3 is 2.77 bits per heavy atom. The second kappa shape index (κ2) is 4.80. The Morgan fingerprint density at radius 2 is 2.15 bits per heavy atom. The maximum Gasteiger partial charge on any atom is 0.128 e. The SMILES string of the molecule is Cc1ccc(NCCCF)cc1F. The number of aryl methyl sites for hydroxylation is 1. The van der Waals surface area contributed by atoms with Crippen molar-refractivity contribution in [2.75, 3.05) is 18.5 Å². The van der Waals surface area contributed by atoms with Crippen molar-refractivity contribution in [1.82, 2.24) is 0 Å². The number of benzene rings is 1. The zero-order chi connectivity index (χ0) is 9.68. The largest absolute Gasteiger partial charge is 0.385 e. The average molecular weight is 185 g/mol. The van der Waals surface area contributed by atoms with Crippen molar-refractivity contribution in [2.24, 2.45) is 0 Å². The van der Waals surface area contributed by atoms with Crippen LogP contribution in [0.5, 0.6) is 0 Å². The average Bonchev–Trinajstić information content (AvgIpc) is 2.12. The molecule has 0 unspecified atom stereocenters. The van der Waals surface area contributed by atoms with E-state index < -0.39 is 0 Å². The van der Waals surface area contributed by atoms with Crippen LogP contribution in [0.1, 0.15) is 12.0 Å². The first-order valence-electron chi connectivity index (χ1n) is 4.30. The summed E-state index contributed by atoms with van der Waals surface area (Å²) in [5.41, 5.74) is 1.33. The van der Waals surface area contributed by atoms with Crippen molar-refractivity contribution in [3.05, 3.63) is 29.6 Å². The van der Waals surface area contributed by atoms with E-state index in [0.717, 1.165) is 0 Å². The van der Waals surface area contributed by atoms with E-state index in [4.69, 9.17) is 0 Å². The summed E-state index contributed by atoms with van der Waals surface area (Å²) in [4.78, 5) is 0. The molecule has 1 rings (SSSR count). The first-order valence-corrected chi connectivity index (χ1v) is 4.30. The lowest BCUT2D eigenvalue weighted by atomic mass is 10.2. The van der Waals surface area contributed by atoms with Crippen molar-refractivity contribution < 1.29 is 8.78 Å². The fourth-order valence-electron chi connectivity index (χ4n) is 1.00. The normalized spacial score (nSPS) is 10.1. The second-order valence-corrected chi connectivity index (χ2v) is 2.93. The van der Waals surface area contributed by atoms with Gasteiger partial charge in [-0.25, -0.2) is 4.39 Å². The molecule has 1 nitrogen and oxygen atoms in total. The van der Waals surface area contributed by atoms with Crippen LogP contribution < -0.4 is 5.32 Å². The monoisotopic (exact) mass is 185 g/mol. The molecule has 0 spiro atoms. The number of hydrogen-bond donors (Lipinski definition) is 1. The van der Waals surface area contributed by atoms with E-state index in [2.05, 4.69) is 5.32 Å². The molecule has 13 heavy (non-hydrogen) atoms. The van der Waals surface area contributed by atoms with E-state index in [0.29, 0.717) is 24.2 Å². The fourth-order valence-corrected chi connectivity index (χ4v) is 1.00. The van der Waals surface area contributed by atoms with Crippen LogP contribution >= 0.6 is 0 Å². The van der Waals surface area contributed by atoms with Gasteiger partial charge in [0.1, 0.15) is 5.82 Å². The number of anilines is 1. The molecule has 3 heteroatoms. The molecule has 1 aromatic rings. The number of hydrogen-bond acceptors (Lipinski definition) is 1. The molecule has 0 saturated heterocycles. The smallest absolute Gasteiger partial charge is 0.128 e. The fraction of sp³-hybridized carbons (Fsp3) is 0.400. The summed E-state index contributed by atoms with van der Waals surface area (Å²) < 4.78 is 24.7. The first-order chi connectivity index (χ1) is 6.24. The molecule has 0 bridgehead atoms. The molecular formula is C10H13F2N. The summed E-state index contributed by atoms with van der Waals surface area (Å²) in [5, 5.41) is 2.93. The second-order valence-electron chi connectivity index (χ2n) is 2.93. The summed E-state index contributed by atoms with van der Waals surface area (Å²) in [6.45, 7) is 1.90. The number of halogens is 2. The third kappa shape index (κ3) is 3.01. The summed E-state index contributed by atoms with van der Waals surface area (Å²) in [7, 11) is 0. The molecule has 0 aliphatic rings. The topological polar surface area (TPSA) is 12.0 Å². The van der Waals surface area contributed by atoms with Gasteiger partial charge >= 0.3 is 0 Å². The number of nitrogens with one attached hydrogen (secondary N) is 1. The molecule has 0 aromatic heterocycles. The van der Waals surface area contributed by atoms with Crippen LogP contribution in [0, 0.1) is 12.7 Å². The lowest BCUT2D eigenvalue weighted by Gasteiger charge is -2.05. The highest BCUT2D eigenvalue weighted by Gasteiger charge is 1.97. The van der Waals surface area contributed by atoms with Crippen molar-refractivity contribution in [3.8, 4) is 0 Å². The van der Waals surface area contributed by atoms with Gasteiger partial charge in [-0.1, -0.05) is 6.07 Å². The number of rotatable bonds is 4. The molecule has 0 radical (unpaired) electrons. The van der Waals surface area contributed by atoms with Gasteiger partial charge in [0.05, 0.1) is 6.67 Å². The molecule has 0 fully saturated rings. The summed E-state index contributed by atoms with van der Waals surface area (Å²) in [5.74, 6) is -0.231. The van der Waals surface area contributed by atoms with Crippen molar-refractivity contribution in [3.63, 3.8) is 0 Å². The Morgan fingerprint density at radius 1 is 1.38 bits per heavy atom. The van der Waals surface area contributed by atoms with E-state index in [9.17, 15) is 8.78 Å². The minimum atomic E-state index is -0.346. The van der Waals surface area contributed by atoms with E-state index in [1.807, 2.05) is 0 Å². The highest BCUT2D eigenvalue weighted by Crippen LogP contribution is 2.13. The van der Waals surface area contributed by atoms with Gasteiger partial charge in [0.15, 0.2) is 0 Å². The number of alkyl halides is 1. The van der Waals surface area contributed by atoms with Gasteiger partial charge in [0, 0.05) is 12.2 Å². The molecule has 0 atom stereocenters.